The van der Waals surface area contributed by atoms with Crippen LogP contribution in [0.15, 0.2) is 54.6 Å². The van der Waals surface area contributed by atoms with Crippen LogP contribution in [0.1, 0.15) is 11.3 Å². The molecule has 0 amide bonds. The number of H-pyrrole nitrogens is 1. The monoisotopic (exact) mass is 334 g/mol. The highest BCUT2D eigenvalue weighted by Gasteiger charge is 2.14. The average Bonchev–Trinajstić information content (AvgIpc) is 3.31. The van der Waals surface area contributed by atoms with Crippen molar-refractivity contribution < 1.29 is 14.2 Å². The summed E-state index contributed by atoms with van der Waals surface area (Å²) in [5.41, 5.74) is 4.06. The molecule has 0 atom stereocenters. The maximum atomic E-state index is 5.41. The molecule has 2 heterocycles. The van der Waals surface area contributed by atoms with Crippen LogP contribution in [0.25, 0.3) is 17.3 Å². The molecule has 126 valence electrons. The van der Waals surface area contributed by atoms with Gasteiger partial charge in [-0.25, -0.2) is 0 Å². The Morgan fingerprint density at radius 1 is 1.08 bits per heavy atom. The van der Waals surface area contributed by atoms with Gasteiger partial charge in [-0.05, 0) is 54.5 Å². The Morgan fingerprint density at radius 2 is 1.92 bits per heavy atom. The lowest BCUT2D eigenvalue weighted by Gasteiger charge is -2.00. The van der Waals surface area contributed by atoms with Gasteiger partial charge in [0.2, 0.25) is 6.79 Å². The molecule has 0 spiro atoms. The van der Waals surface area contributed by atoms with Crippen LogP contribution in [0.4, 0.5) is 0 Å². The van der Waals surface area contributed by atoms with Crippen LogP contribution >= 0.6 is 0 Å². The summed E-state index contributed by atoms with van der Waals surface area (Å²) in [5, 5.41) is 7.42. The standard InChI is InChI=1S/C20H18N2O3/c1-23-17-8-5-14(6-9-17)3-2-4-16-12-18(22-21-16)15-7-10-19-20(11-15)25-13-24-19/h2,4-12H,3,13H2,1H3,(H,21,22). The highest BCUT2D eigenvalue weighted by molar-refractivity contribution is 5.66. The van der Waals surface area contributed by atoms with Crippen LogP contribution in [0.5, 0.6) is 17.2 Å². The van der Waals surface area contributed by atoms with Crippen molar-refractivity contribution >= 4 is 6.08 Å². The summed E-state index contributed by atoms with van der Waals surface area (Å²) in [6.45, 7) is 0.276. The maximum Gasteiger partial charge on any atom is 0.231 e. The van der Waals surface area contributed by atoms with E-state index in [2.05, 4.69) is 28.4 Å². The Bertz CT molecular complexity index is 898. The smallest absolute Gasteiger partial charge is 0.231 e. The SMILES string of the molecule is COc1ccc(CC=Cc2cc(-c3ccc4c(c3)OCO4)n[nH]2)cc1. The molecular formula is C20H18N2O3. The zero-order valence-electron chi connectivity index (χ0n) is 13.9. The van der Waals surface area contributed by atoms with Gasteiger partial charge in [-0.2, -0.15) is 5.10 Å². The second-order valence-corrected chi connectivity index (χ2v) is 5.73. The Kier molecular flexibility index (Phi) is 4.12. The van der Waals surface area contributed by atoms with E-state index < -0.39 is 0 Å². The third-order valence-corrected chi connectivity index (χ3v) is 4.08. The molecule has 2 aromatic carbocycles. The first-order chi connectivity index (χ1) is 12.3. The molecule has 25 heavy (non-hydrogen) atoms. The van der Waals surface area contributed by atoms with Gasteiger partial charge in [0.15, 0.2) is 11.5 Å². The number of aromatic amines is 1. The van der Waals surface area contributed by atoms with E-state index in [1.807, 2.05) is 42.5 Å². The van der Waals surface area contributed by atoms with Gasteiger partial charge in [-0.3, -0.25) is 5.10 Å². The lowest BCUT2D eigenvalue weighted by Crippen LogP contribution is -1.92. The van der Waals surface area contributed by atoms with Crippen LogP contribution in [0.2, 0.25) is 0 Å². The van der Waals surface area contributed by atoms with E-state index in [1.54, 1.807) is 7.11 Å². The number of nitrogens with one attached hydrogen (secondary N) is 1. The number of hydrogen-bond donors (Lipinski definition) is 1. The largest absolute Gasteiger partial charge is 0.497 e. The fourth-order valence-electron chi connectivity index (χ4n) is 2.71. The van der Waals surface area contributed by atoms with Crippen molar-refractivity contribution in [1.29, 1.82) is 0 Å². The molecule has 0 unspecified atom stereocenters. The van der Waals surface area contributed by atoms with E-state index in [0.717, 1.165) is 40.6 Å². The van der Waals surface area contributed by atoms with Gasteiger partial charge in [0.05, 0.1) is 18.5 Å². The molecule has 1 N–H and O–H groups in total. The number of benzene rings is 2. The number of nitrogens with zero attached hydrogens (tertiary/aromatic N) is 1. The van der Waals surface area contributed by atoms with E-state index in [1.165, 1.54) is 5.56 Å². The predicted octanol–water partition coefficient (Wildman–Crippen LogP) is 4.07. The van der Waals surface area contributed by atoms with E-state index in [4.69, 9.17) is 14.2 Å². The Labute approximate surface area is 145 Å². The summed E-state index contributed by atoms with van der Waals surface area (Å²) < 4.78 is 15.9. The zero-order valence-corrected chi connectivity index (χ0v) is 13.9. The summed E-state index contributed by atoms with van der Waals surface area (Å²) in [5.74, 6) is 2.41. The summed E-state index contributed by atoms with van der Waals surface area (Å²) in [7, 11) is 1.67. The molecule has 3 aromatic rings. The first-order valence-electron chi connectivity index (χ1n) is 8.07. The molecule has 0 fully saturated rings. The van der Waals surface area contributed by atoms with Crippen LogP contribution in [0, 0.1) is 0 Å². The number of aromatic nitrogens is 2. The lowest BCUT2D eigenvalue weighted by molar-refractivity contribution is 0.174. The van der Waals surface area contributed by atoms with Gasteiger partial charge in [-0.1, -0.05) is 18.2 Å². The van der Waals surface area contributed by atoms with Crippen molar-refractivity contribution in [2.75, 3.05) is 13.9 Å². The van der Waals surface area contributed by atoms with Crippen LogP contribution in [-0.4, -0.2) is 24.1 Å². The summed E-state index contributed by atoms with van der Waals surface area (Å²) >= 11 is 0. The average molecular weight is 334 g/mol. The topological polar surface area (TPSA) is 56.4 Å². The predicted molar refractivity (Wildman–Crippen MR) is 95.9 cm³/mol. The number of fused-ring (bicyclic) bond motifs is 1. The van der Waals surface area contributed by atoms with Gasteiger partial charge in [0, 0.05) is 5.56 Å². The van der Waals surface area contributed by atoms with E-state index in [0.29, 0.717) is 0 Å². The second kappa shape index (κ2) is 6.73. The number of allylic oxidation sites excluding steroid dienone is 1. The molecule has 0 saturated heterocycles. The fourth-order valence-corrected chi connectivity index (χ4v) is 2.71. The van der Waals surface area contributed by atoms with E-state index in [-0.39, 0.29) is 6.79 Å². The van der Waals surface area contributed by atoms with Gasteiger partial charge in [0.1, 0.15) is 5.75 Å². The minimum absolute atomic E-state index is 0.276. The zero-order chi connectivity index (χ0) is 17.1. The molecule has 0 radical (unpaired) electrons. The molecule has 0 saturated carbocycles. The Hall–Kier alpha value is -3.21. The molecular weight excluding hydrogens is 316 g/mol. The molecule has 1 aromatic heterocycles. The molecule has 1 aliphatic heterocycles. The molecule has 4 rings (SSSR count). The summed E-state index contributed by atoms with van der Waals surface area (Å²) in [4.78, 5) is 0. The van der Waals surface area contributed by atoms with Crippen LogP contribution < -0.4 is 14.2 Å². The van der Waals surface area contributed by atoms with Crippen molar-refractivity contribution in [3.63, 3.8) is 0 Å². The van der Waals surface area contributed by atoms with Crippen molar-refractivity contribution in [1.82, 2.24) is 10.2 Å². The highest BCUT2D eigenvalue weighted by atomic mass is 16.7. The lowest BCUT2D eigenvalue weighted by atomic mass is 10.1. The Morgan fingerprint density at radius 3 is 2.76 bits per heavy atom. The highest BCUT2D eigenvalue weighted by Crippen LogP contribution is 2.35. The van der Waals surface area contributed by atoms with Gasteiger partial charge in [-0.15, -0.1) is 0 Å². The number of ether oxygens (including phenoxy) is 3. The fraction of sp³-hybridized carbons (Fsp3) is 0.150. The second-order valence-electron chi connectivity index (χ2n) is 5.73. The third-order valence-electron chi connectivity index (χ3n) is 4.08. The molecule has 1 aliphatic rings. The first-order valence-corrected chi connectivity index (χ1v) is 8.07. The van der Waals surface area contributed by atoms with E-state index in [9.17, 15) is 0 Å². The third kappa shape index (κ3) is 3.35. The number of hydrogen-bond acceptors (Lipinski definition) is 4. The minimum Gasteiger partial charge on any atom is -0.497 e. The van der Waals surface area contributed by atoms with Crippen molar-refractivity contribution in [2.45, 2.75) is 6.42 Å². The molecule has 5 nitrogen and oxygen atoms in total. The first kappa shape index (κ1) is 15.3. The van der Waals surface area contributed by atoms with Crippen LogP contribution in [-0.2, 0) is 6.42 Å². The van der Waals surface area contributed by atoms with Gasteiger partial charge in [0.25, 0.3) is 0 Å². The number of methoxy groups -OCH3 is 1. The maximum absolute atomic E-state index is 5.41. The van der Waals surface area contributed by atoms with E-state index >= 15 is 0 Å². The van der Waals surface area contributed by atoms with Crippen molar-refractivity contribution in [3.8, 4) is 28.5 Å². The Balaban J connectivity index is 1.44. The van der Waals surface area contributed by atoms with Crippen molar-refractivity contribution in [3.05, 3.63) is 65.9 Å². The molecule has 5 heteroatoms. The minimum atomic E-state index is 0.276. The molecule has 0 bridgehead atoms. The van der Waals surface area contributed by atoms with Crippen LogP contribution in [0.3, 0.4) is 0 Å². The normalized spacial score (nSPS) is 12.7. The summed E-state index contributed by atoms with van der Waals surface area (Å²) in [6.07, 6.45) is 4.99. The van der Waals surface area contributed by atoms with Crippen molar-refractivity contribution in [2.24, 2.45) is 0 Å². The number of rotatable bonds is 5. The quantitative estimate of drug-likeness (QED) is 0.764. The van der Waals surface area contributed by atoms with Gasteiger partial charge < -0.3 is 14.2 Å². The van der Waals surface area contributed by atoms with Gasteiger partial charge >= 0.3 is 0 Å². The summed E-state index contributed by atoms with van der Waals surface area (Å²) in [6, 6.07) is 15.9. The molecule has 0 aliphatic carbocycles.